The highest BCUT2D eigenvalue weighted by Gasteiger charge is 2.40. The lowest BCUT2D eigenvalue weighted by Crippen LogP contribution is -2.55. The van der Waals surface area contributed by atoms with Gasteiger partial charge in [-0.3, -0.25) is 19.3 Å². The molecule has 2 heterocycles. The Bertz CT molecular complexity index is 1240. The Balaban J connectivity index is 1.81. The van der Waals surface area contributed by atoms with Crippen molar-refractivity contribution in [3.63, 3.8) is 0 Å². The molecule has 10 nitrogen and oxygen atoms in total. The van der Waals surface area contributed by atoms with Crippen molar-refractivity contribution in [3.8, 4) is 0 Å². The van der Waals surface area contributed by atoms with Gasteiger partial charge in [0, 0.05) is 30.5 Å². The van der Waals surface area contributed by atoms with Gasteiger partial charge in [-0.1, -0.05) is 48.5 Å². The molecule has 194 valence electrons. The van der Waals surface area contributed by atoms with Crippen molar-refractivity contribution in [2.45, 2.75) is 31.1 Å². The zero-order chi connectivity index (χ0) is 26.7. The zero-order valence-electron chi connectivity index (χ0n) is 20.4. The van der Waals surface area contributed by atoms with Crippen LogP contribution in [0.5, 0.6) is 0 Å². The zero-order valence-corrected chi connectivity index (χ0v) is 21.3. The summed E-state index contributed by atoms with van der Waals surface area (Å²) in [5, 5.41) is 9.55. The molecule has 0 radical (unpaired) electrons. The van der Waals surface area contributed by atoms with Gasteiger partial charge in [-0.05, 0) is 18.9 Å². The maximum Gasteiger partial charge on any atom is 0.326 e. The van der Waals surface area contributed by atoms with E-state index in [1.165, 1.54) is 21.7 Å². The summed E-state index contributed by atoms with van der Waals surface area (Å²) in [5.41, 5.74) is 8.18. The van der Waals surface area contributed by atoms with Gasteiger partial charge in [-0.2, -0.15) is 12.6 Å². The monoisotopic (exact) mass is 523 g/mol. The molecule has 3 atom stereocenters. The van der Waals surface area contributed by atoms with Gasteiger partial charge in [0.1, 0.15) is 12.6 Å². The van der Waals surface area contributed by atoms with E-state index in [-0.39, 0.29) is 5.75 Å². The minimum Gasteiger partial charge on any atom is -0.480 e. The van der Waals surface area contributed by atoms with Crippen LogP contribution in [0.4, 0.5) is 5.69 Å². The fourth-order valence-electron chi connectivity index (χ4n) is 4.66. The number of carboxylic acid groups (broad SMARTS) is 1. The molecule has 11 heteroatoms. The third kappa shape index (κ3) is 5.23. The van der Waals surface area contributed by atoms with E-state index in [0.717, 1.165) is 5.56 Å². The summed E-state index contributed by atoms with van der Waals surface area (Å²) < 4.78 is 0. The van der Waals surface area contributed by atoms with Crippen LogP contribution in [0.15, 0.2) is 59.6 Å². The predicted octanol–water partition coefficient (Wildman–Crippen LogP) is 0.988. The van der Waals surface area contributed by atoms with Gasteiger partial charge in [0.15, 0.2) is 0 Å². The van der Waals surface area contributed by atoms with Crippen LogP contribution in [0.25, 0.3) is 0 Å². The number of carbonyl (C=O) groups excluding carboxylic acids is 3. The van der Waals surface area contributed by atoms with Crippen molar-refractivity contribution in [1.29, 1.82) is 0 Å². The smallest absolute Gasteiger partial charge is 0.326 e. The summed E-state index contributed by atoms with van der Waals surface area (Å²) in [6.07, 6.45) is -0.382. The first-order valence-corrected chi connectivity index (χ1v) is 12.6. The molecule has 2 aliphatic rings. The second kappa shape index (κ2) is 11.1. The molecule has 1 saturated heterocycles. The molecule has 0 aliphatic carbocycles. The van der Waals surface area contributed by atoms with Gasteiger partial charge in [0.2, 0.25) is 18.0 Å². The number of thiol groups is 1. The Morgan fingerprint density at radius 2 is 1.84 bits per heavy atom. The van der Waals surface area contributed by atoms with E-state index >= 15 is 0 Å². The molecular weight excluding hydrogens is 494 g/mol. The maximum absolute atomic E-state index is 14.0. The second-order valence-electron chi connectivity index (χ2n) is 8.98. The molecule has 2 aromatic rings. The van der Waals surface area contributed by atoms with E-state index in [9.17, 15) is 24.3 Å². The van der Waals surface area contributed by atoms with Crippen LogP contribution in [0.1, 0.15) is 24.0 Å². The summed E-state index contributed by atoms with van der Waals surface area (Å²) in [6, 6.07) is 14.4. The van der Waals surface area contributed by atoms with Crippen molar-refractivity contribution >= 4 is 47.7 Å². The molecule has 0 spiro atoms. The normalized spacial score (nSPS) is 20.1. The Morgan fingerprint density at radius 3 is 2.51 bits per heavy atom. The maximum atomic E-state index is 14.0. The van der Waals surface area contributed by atoms with E-state index in [2.05, 4.69) is 12.6 Å². The number of benzene rings is 2. The Labute approximate surface area is 220 Å². The fraction of sp³-hybridized carbons (Fsp3) is 0.346. The van der Waals surface area contributed by atoms with Crippen molar-refractivity contribution in [3.05, 3.63) is 65.7 Å². The lowest BCUT2D eigenvalue weighted by molar-refractivity contribution is -0.148. The SMILES string of the molecule is CN(C(=O)C(N)CS)C1N=C(c2ccccc2)c2ccccc2N(CC(=O)N2CCC[C@H]2C(=O)O)C1=O. The largest absolute Gasteiger partial charge is 0.480 e. The molecule has 3 amide bonds. The highest BCUT2D eigenvalue weighted by Crippen LogP contribution is 2.30. The van der Waals surface area contributed by atoms with Gasteiger partial charge in [0.05, 0.1) is 17.4 Å². The number of aliphatic carboxylic acids is 1. The first kappa shape index (κ1) is 26.4. The van der Waals surface area contributed by atoms with Gasteiger partial charge in [-0.15, -0.1) is 0 Å². The number of benzodiazepines with no additional fused rings is 1. The lowest BCUT2D eigenvalue weighted by Gasteiger charge is -2.31. The number of carbonyl (C=O) groups is 4. The molecule has 0 aromatic heterocycles. The number of fused-ring (bicyclic) bond motifs is 1. The van der Waals surface area contributed by atoms with Crippen LogP contribution in [0.3, 0.4) is 0 Å². The number of nitrogens with two attached hydrogens (primary N) is 1. The molecular formula is C26H29N5O5S. The third-order valence-corrected chi connectivity index (χ3v) is 7.01. The van der Waals surface area contributed by atoms with Gasteiger partial charge >= 0.3 is 5.97 Å². The number of amides is 3. The Kier molecular flexibility index (Phi) is 7.94. The van der Waals surface area contributed by atoms with Crippen LogP contribution in [-0.4, -0.2) is 88.4 Å². The molecule has 2 aliphatic heterocycles. The van der Waals surface area contributed by atoms with Crippen molar-refractivity contribution in [2.24, 2.45) is 10.7 Å². The topological polar surface area (TPSA) is 137 Å². The van der Waals surface area contributed by atoms with E-state index in [4.69, 9.17) is 10.7 Å². The number of aliphatic imine (C=N–C) groups is 1. The average Bonchev–Trinajstić information content (AvgIpc) is 3.38. The highest BCUT2D eigenvalue weighted by atomic mass is 32.1. The molecule has 37 heavy (non-hydrogen) atoms. The van der Waals surface area contributed by atoms with Crippen molar-refractivity contribution < 1.29 is 24.3 Å². The van der Waals surface area contributed by atoms with Crippen LogP contribution >= 0.6 is 12.6 Å². The number of hydrogen-bond acceptors (Lipinski definition) is 7. The van der Waals surface area contributed by atoms with Crippen LogP contribution in [-0.2, 0) is 19.2 Å². The lowest BCUT2D eigenvalue weighted by atomic mass is 10.0. The molecule has 3 N–H and O–H groups in total. The number of nitrogens with zero attached hydrogens (tertiary/aromatic N) is 4. The third-order valence-electron chi connectivity index (χ3n) is 6.62. The summed E-state index contributed by atoms with van der Waals surface area (Å²) in [6.45, 7) is -0.0990. The molecule has 2 aromatic carbocycles. The first-order valence-electron chi connectivity index (χ1n) is 11.9. The molecule has 1 fully saturated rings. The number of likely N-dealkylation sites (N-methyl/N-ethyl adjacent to an activating group) is 1. The molecule has 0 bridgehead atoms. The molecule has 2 unspecified atom stereocenters. The van der Waals surface area contributed by atoms with Gasteiger partial charge in [-0.25, -0.2) is 9.79 Å². The highest BCUT2D eigenvalue weighted by molar-refractivity contribution is 7.80. The fourth-order valence-corrected chi connectivity index (χ4v) is 4.82. The Morgan fingerprint density at radius 1 is 1.16 bits per heavy atom. The van der Waals surface area contributed by atoms with Crippen molar-refractivity contribution in [2.75, 3.05) is 30.8 Å². The number of rotatable bonds is 7. The van der Waals surface area contributed by atoms with Gasteiger partial charge < -0.3 is 20.6 Å². The summed E-state index contributed by atoms with van der Waals surface area (Å²) in [5.74, 6) is -2.61. The summed E-state index contributed by atoms with van der Waals surface area (Å²) >= 11 is 4.11. The number of carboxylic acids is 1. The molecule has 4 rings (SSSR count). The van der Waals surface area contributed by atoms with Gasteiger partial charge in [0.25, 0.3) is 5.91 Å². The average molecular weight is 524 g/mol. The standard InChI is InChI=1S/C26H29N5O5S/c1-29(24(33)18(27)15-37)23-25(34)31(14-21(32)30-13-7-12-20(30)26(35)36)19-11-6-5-10-17(19)22(28-23)16-8-3-2-4-9-16/h2-6,8-11,18,20,23,37H,7,12-15,27H2,1H3,(H,35,36)/t18?,20-,23?/m0/s1. The predicted molar refractivity (Wildman–Crippen MR) is 142 cm³/mol. The first-order chi connectivity index (χ1) is 17.7. The van der Waals surface area contributed by atoms with E-state index in [1.807, 2.05) is 30.3 Å². The van der Waals surface area contributed by atoms with E-state index < -0.39 is 48.5 Å². The Hall–Kier alpha value is -3.70. The minimum atomic E-state index is -1.30. The van der Waals surface area contributed by atoms with Crippen LogP contribution < -0.4 is 10.6 Å². The number of likely N-dealkylation sites (tertiary alicyclic amines) is 1. The summed E-state index contributed by atoms with van der Waals surface area (Å²) in [4.78, 5) is 60.5. The van der Waals surface area contributed by atoms with Crippen LogP contribution in [0, 0.1) is 0 Å². The van der Waals surface area contributed by atoms with E-state index in [1.54, 1.807) is 24.3 Å². The number of anilines is 1. The quantitative estimate of drug-likeness (QED) is 0.463. The number of hydrogen-bond donors (Lipinski definition) is 3. The second-order valence-corrected chi connectivity index (χ2v) is 9.35. The minimum absolute atomic E-state index is 0.0767. The van der Waals surface area contributed by atoms with Crippen LogP contribution in [0.2, 0.25) is 0 Å². The number of para-hydroxylation sites is 1. The summed E-state index contributed by atoms with van der Waals surface area (Å²) in [7, 11) is 1.44. The molecule has 0 saturated carbocycles. The van der Waals surface area contributed by atoms with E-state index in [0.29, 0.717) is 36.3 Å². The van der Waals surface area contributed by atoms with Crippen molar-refractivity contribution in [1.82, 2.24) is 9.80 Å².